The van der Waals surface area contributed by atoms with Crippen LogP contribution in [0.15, 0.2) is 23.8 Å². The van der Waals surface area contributed by atoms with Crippen molar-refractivity contribution in [1.82, 2.24) is 0 Å². The summed E-state index contributed by atoms with van der Waals surface area (Å²) in [5.74, 6) is 0.471. The first-order valence-electron chi connectivity index (χ1n) is 7.80. The van der Waals surface area contributed by atoms with Crippen molar-refractivity contribution in [2.75, 3.05) is 0 Å². The van der Waals surface area contributed by atoms with Crippen molar-refractivity contribution < 1.29 is 14.3 Å². The molecule has 0 spiro atoms. The standard InChI is InChI=1S/C17H21Cl3O3/c1-5-6-9-8(2)11(7-10(9)21)22-15-13-12(16(13,3)4)14(23-15)17(18,19)20/h5,11-15H,1,6-7H2,2-4H3/t11-,12+,13-,14-,15-/m1/s1. The zero-order chi connectivity index (χ0) is 17.2. The van der Waals surface area contributed by atoms with Crippen LogP contribution >= 0.6 is 34.8 Å². The van der Waals surface area contributed by atoms with Gasteiger partial charge in [-0.1, -0.05) is 54.7 Å². The molecule has 3 aliphatic rings. The largest absolute Gasteiger partial charge is 0.344 e. The van der Waals surface area contributed by atoms with Crippen LogP contribution in [0, 0.1) is 17.3 Å². The molecular formula is C17H21Cl3O3. The number of alkyl halides is 3. The van der Waals surface area contributed by atoms with Gasteiger partial charge in [0.05, 0.1) is 6.10 Å². The molecule has 3 nitrogen and oxygen atoms in total. The van der Waals surface area contributed by atoms with E-state index < -0.39 is 16.2 Å². The maximum absolute atomic E-state index is 12.1. The van der Waals surface area contributed by atoms with Crippen molar-refractivity contribution >= 4 is 40.6 Å². The molecule has 2 aliphatic carbocycles. The first-order chi connectivity index (χ1) is 10.6. The van der Waals surface area contributed by atoms with Crippen LogP contribution in [0.4, 0.5) is 0 Å². The van der Waals surface area contributed by atoms with Crippen LogP contribution in [0.2, 0.25) is 0 Å². The molecule has 128 valence electrons. The van der Waals surface area contributed by atoms with Gasteiger partial charge >= 0.3 is 0 Å². The van der Waals surface area contributed by atoms with E-state index in [9.17, 15) is 4.79 Å². The zero-order valence-electron chi connectivity index (χ0n) is 13.4. The monoisotopic (exact) mass is 378 g/mol. The zero-order valence-corrected chi connectivity index (χ0v) is 15.7. The number of ether oxygens (including phenoxy) is 2. The Balaban J connectivity index is 1.75. The number of carbonyl (C=O) groups excluding carboxylic acids is 1. The van der Waals surface area contributed by atoms with Crippen molar-refractivity contribution in [1.29, 1.82) is 0 Å². The predicted molar refractivity (Wildman–Crippen MR) is 91.7 cm³/mol. The SMILES string of the molecule is C=CCC1=C(C)[C@H](O[C@@H]2O[C@@H](C(Cl)(Cl)Cl)[C@@H]3[C@H]2C3(C)C)CC1=O. The summed E-state index contributed by atoms with van der Waals surface area (Å²) in [5, 5.41) is 0. The van der Waals surface area contributed by atoms with Crippen LogP contribution in [-0.2, 0) is 14.3 Å². The molecule has 1 saturated carbocycles. The highest BCUT2D eigenvalue weighted by Crippen LogP contribution is 2.70. The molecule has 2 fully saturated rings. The number of hydrogen-bond donors (Lipinski definition) is 0. The number of rotatable bonds is 4. The van der Waals surface area contributed by atoms with Gasteiger partial charge in [0.25, 0.3) is 0 Å². The number of carbonyl (C=O) groups is 1. The van der Waals surface area contributed by atoms with Crippen molar-refractivity contribution in [3.8, 4) is 0 Å². The molecule has 6 heteroatoms. The molecule has 1 saturated heterocycles. The van der Waals surface area contributed by atoms with Gasteiger partial charge in [-0.3, -0.25) is 4.79 Å². The average molecular weight is 380 g/mol. The highest BCUT2D eigenvalue weighted by atomic mass is 35.6. The molecule has 0 N–H and O–H groups in total. The summed E-state index contributed by atoms with van der Waals surface area (Å²) in [6.07, 6.45) is 1.49. The summed E-state index contributed by atoms with van der Waals surface area (Å²) < 4.78 is 10.6. The predicted octanol–water partition coefficient (Wildman–Crippen LogP) is 4.60. The van der Waals surface area contributed by atoms with Crippen molar-refractivity contribution in [2.45, 2.75) is 55.9 Å². The molecule has 1 heterocycles. The lowest BCUT2D eigenvalue weighted by molar-refractivity contribution is -0.181. The molecule has 23 heavy (non-hydrogen) atoms. The average Bonchev–Trinajstić information content (AvgIpc) is 2.72. The lowest BCUT2D eigenvalue weighted by Gasteiger charge is -2.29. The van der Waals surface area contributed by atoms with E-state index in [2.05, 4.69) is 20.4 Å². The van der Waals surface area contributed by atoms with Crippen LogP contribution in [-0.4, -0.2) is 28.1 Å². The van der Waals surface area contributed by atoms with Gasteiger partial charge in [0.2, 0.25) is 3.79 Å². The van der Waals surface area contributed by atoms with E-state index in [0.717, 1.165) is 11.1 Å². The summed E-state index contributed by atoms with van der Waals surface area (Å²) in [7, 11) is 0. The van der Waals surface area contributed by atoms with Crippen LogP contribution in [0.1, 0.15) is 33.6 Å². The number of halogens is 3. The van der Waals surface area contributed by atoms with Gasteiger partial charge in [0.1, 0.15) is 6.10 Å². The van der Waals surface area contributed by atoms with Crippen molar-refractivity contribution in [2.24, 2.45) is 17.3 Å². The quantitative estimate of drug-likeness (QED) is 0.529. The maximum atomic E-state index is 12.1. The molecule has 0 unspecified atom stereocenters. The third kappa shape index (κ3) is 2.89. The summed E-state index contributed by atoms with van der Waals surface area (Å²) in [6.45, 7) is 9.91. The fourth-order valence-electron chi connectivity index (χ4n) is 4.12. The molecular weight excluding hydrogens is 359 g/mol. The number of Topliss-reactive ketones (excluding diaryl/α,β-unsaturated/α-hetero) is 1. The second kappa shape index (κ2) is 5.74. The van der Waals surface area contributed by atoms with Crippen molar-refractivity contribution in [3.05, 3.63) is 23.8 Å². The van der Waals surface area contributed by atoms with Gasteiger partial charge < -0.3 is 9.47 Å². The summed E-state index contributed by atoms with van der Waals surface area (Å²) >= 11 is 18.2. The van der Waals surface area contributed by atoms with Gasteiger partial charge in [-0.2, -0.15) is 0 Å². The second-order valence-corrected chi connectivity index (χ2v) is 9.61. The minimum Gasteiger partial charge on any atom is -0.344 e. The Hall–Kier alpha value is -0.0600. The molecule has 5 atom stereocenters. The molecule has 1 aliphatic heterocycles. The lowest BCUT2D eigenvalue weighted by Crippen LogP contribution is -2.35. The van der Waals surface area contributed by atoms with Gasteiger partial charge in [-0.05, 0) is 24.3 Å². The number of allylic oxidation sites excluding steroid dienone is 2. The summed E-state index contributed by atoms with van der Waals surface area (Å²) in [6, 6.07) is 0. The Bertz CT molecular complexity index is 576. The minimum absolute atomic E-state index is 0.0156. The van der Waals surface area contributed by atoms with E-state index in [0.29, 0.717) is 12.8 Å². The fourth-order valence-corrected chi connectivity index (χ4v) is 4.68. The third-order valence-electron chi connectivity index (χ3n) is 5.53. The molecule has 0 aromatic carbocycles. The number of fused-ring (bicyclic) bond motifs is 1. The Morgan fingerprint density at radius 3 is 2.57 bits per heavy atom. The van der Waals surface area contributed by atoms with E-state index in [1.165, 1.54) is 0 Å². The first-order valence-corrected chi connectivity index (χ1v) is 8.93. The Kier molecular flexibility index (Phi) is 4.43. The minimum atomic E-state index is -1.47. The Labute approximate surface area is 151 Å². The molecule has 0 aromatic heterocycles. The van der Waals surface area contributed by atoms with E-state index in [1.807, 2.05) is 6.92 Å². The molecule has 0 aromatic rings. The van der Waals surface area contributed by atoms with Gasteiger partial charge in [0, 0.05) is 23.8 Å². The van der Waals surface area contributed by atoms with E-state index >= 15 is 0 Å². The molecule has 0 bridgehead atoms. The van der Waals surface area contributed by atoms with Crippen LogP contribution < -0.4 is 0 Å². The van der Waals surface area contributed by atoms with E-state index in [1.54, 1.807) is 6.08 Å². The normalized spacial score (nSPS) is 38.9. The van der Waals surface area contributed by atoms with Crippen LogP contribution in [0.3, 0.4) is 0 Å². The number of hydrogen-bond acceptors (Lipinski definition) is 3. The molecule has 0 radical (unpaired) electrons. The topological polar surface area (TPSA) is 35.5 Å². The van der Waals surface area contributed by atoms with E-state index in [-0.39, 0.29) is 29.1 Å². The molecule has 3 rings (SSSR count). The highest BCUT2D eigenvalue weighted by Gasteiger charge is 2.73. The van der Waals surface area contributed by atoms with Gasteiger partial charge in [0.15, 0.2) is 12.1 Å². The second-order valence-electron chi connectivity index (χ2n) is 7.25. The molecule has 0 amide bonds. The number of ketones is 1. The summed E-state index contributed by atoms with van der Waals surface area (Å²) in [4.78, 5) is 12.1. The van der Waals surface area contributed by atoms with Crippen LogP contribution in [0.25, 0.3) is 0 Å². The van der Waals surface area contributed by atoms with Gasteiger partial charge in [-0.25, -0.2) is 0 Å². The van der Waals surface area contributed by atoms with Gasteiger partial charge in [-0.15, -0.1) is 6.58 Å². The lowest BCUT2D eigenvalue weighted by atomic mass is 10.0. The van der Waals surface area contributed by atoms with Crippen LogP contribution in [0.5, 0.6) is 0 Å². The maximum Gasteiger partial charge on any atom is 0.216 e. The smallest absolute Gasteiger partial charge is 0.216 e. The Morgan fingerprint density at radius 1 is 1.39 bits per heavy atom. The van der Waals surface area contributed by atoms with Crippen molar-refractivity contribution in [3.63, 3.8) is 0 Å². The fraction of sp³-hybridized carbons (Fsp3) is 0.706. The summed E-state index contributed by atoms with van der Waals surface area (Å²) in [5.41, 5.74) is 1.78. The van der Waals surface area contributed by atoms with E-state index in [4.69, 9.17) is 44.3 Å². The Morgan fingerprint density at radius 2 is 2.04 bits per heavy atom. The third-order valence-corrected chi connectivity index (χ3v) is 6.18. The first kappa shape index (κ1) is 17.8. The highest BCUT2D eigenvalue weighted by molar-refractivity contribution is 6.68.